The van der Waals surface area contributed by atoms with E-state index >= 15 is 0 Å². The van der Waals surface area contributed by atoms with E-state index in [1.165, 1.54) is 0 Å². The van der Waals surface area contributed by atoms with Gasteiger partial charge in [-0.15, -0.1) is 11.3 Å². The Morgan fingerprint density at radius 1 is 1.45 bits per heavy atom. The van der Waals surface area contributed by atoms with Crippen LogP contribution in [-0.4, -0.2) is 23.1 Å². The molecule has 0 saturated heterocycles. The number of carboxylic acid groups (broad SMARTS) is 1. The van der Waals surface area contributed by atoms with Gasteiger partial charge in [-0.25, -0.2) is 4.79 Å². The Morgan fingerprint density at radius 3 is 2.70 bits per heavy atom. The summed E-state index contributed by atoms with van der Waals surface area (Å²) in [7, 11) is 0. The molecule has 0 radical (unpaired) electrons. The van der Waals surface area contributed by atoms with Gasteiger partial charge in [-0.1, -0.05) is 13.0 Å². The molecule has 2 amide bonds. The molecular formula is C14H20N2O3S. The van der Waals surface area contributed by atoms with Gasteiger partial charge in [0.1, 0.15) is 0 Å². The van der Waals surface area contributed by atoms with E-state index in [1.807, 2.05) is 24.4 Å². The smallest absolute Gasteiger partial charge is 0.315 e. The Kier molecular flexibility index (Phi) is 5.00. The minimum absolute atomic E-state index is 0.00607. The highest BCUT2D eigenvalue weighted by molar-refractivity contribution is 7.10. The zero-order chi connectivity index (χ0) is 14.5. The molecular weight excluding hydrogens is 276 g/mol. The maximum absolute atomic E-state index is 12.0. The van der Waals surface area contributed by atoms with Gasteiger partial charge in [0.15, 0.2) is 0 Å². The van der Waals surface area contributed by atoms with Crippen LogP contribution in [0.25, 0.3) is 0 Å². The fourth-order valence-electron chi connectivity index (χ4n) is 2.25. The fraction of sp³-hybridized carbons (Fsp3) is 0.571. The summed E-state index contributed by atoms with van der Waals surface area (Å²) >= 11 is 1.61. The number of nitrogens with one attached hydrogen (secondary N) is 2. The maximum atomic E-state index is 12.0. The lowest BCUT2D eigenvalue weighted by Crippen LogP contribution is -2.45. The lowest BCUT2D eigenvalue weighted by Gasteiger charge is -2.20. The third kappa shape index (κ3) is 4.23. The van der Waals surface area contributed by atoms with E-state index in [4.69, 9.17) is 5.11 Å². The Balaban J connectivity index is 1.88. The molecule has 1 aliphatic carbocycles. The number of carbonyl (C=O) groups is 2. The van der Waals surface area contributed by atoms with Gasteiger partial charge >= 0.3 is 12.0 Å². The molecule has 0 aromatic carbocycles. The van der Waals surface area contributed by atoms with Crippen LogP contribution in [0.1, 0.15) is 43.5 Å². The summed E-state index contributed by atoms with van der Waals surface area (Å²) in [4.78, 5) is 24.0. The van der Waals surface area contributed by atoms with Crippen molar-refractivity contribution in [1.29, 1.82) is 0 Å². The quantitative estimate of drug-likeness (QED) is 0.724. The number of hydrogen-bond donors (Lipinski definition) is 3. The van der Waals surface area contributed by atoms with E-state index in [0.29, 0.717) is 5.92 Å². The Hall–Kier alpha value is -1.56. The van der Waals surface area contributed by atoms with Crippen molar-refractivity contribution in [3.63, 3.8) is 0 Å². The molecule has 2 atom stereocenters. The van der Waals surface area contributed by atoms with Gasteiger partial charge in [-0.2, -0.15) is 0 Å². The van der Waals surface area contributed by atoms with Gasteiger partial charge in [0.2, 0.25) is 0 Å². The van der Waals surface area contributed by atoms with Crippen molar-refractivity contribution in [2.75, 3.05) is 0 Å². The molecule has 6 heteroatoms. The molecule has 0 spiro atoms. The SMILES string of the molecule is CCC(NC(=O)NC(CC(=O)O)C1CC1)c1cccs1. The number of hydrogen-bond acceptors (Lipinski definition) is 3. The summed E-state index contributed by atoms with van der Waals surface area (Å²) in [5.41, 5.74) is 0. The van der Waals surface area contributed by atoms with Crippen molar-refractivity contribution in [2.45, 2.75) is 44.7 Å². The molecule has 0 bridgehead atoms. The molecule has 1 aromatic heterocycles. The lowest BCUT2D eigenvalue weighted by molar-refractivity contribution is -0.137. The molecule has 5 nitrogen and oxygen atoms in total. The number of urea groups is 1. The predicted molar refractivity (Wildman–Crippen MR) is 77.8 cm³/mol. The molecule has 1 fully saturated rings. The zero-order valence-electron chi connectivity index (χ0n) is 11.5. The molecule has 0 aliphatic heterocycles. The number of amides is 2. The van der Waals surface area contributed by atoms with E-state index < -0.39 is 5.97 Å². The second-order valence-corrected chi connectivity index (χ2v) is 6.12. The average Bonchev–Trinajstić information content (AvgIpc) is 3.10. The summed E-state index contributed by atoms with van der Waals surface area (Å²) in [5.74, 6) is -0.550. The first kappa shape index (κ1) is 14.8. The van der Waals surface area contributed by atoms with Crippen LogP contribution in [0.3, 0.4) is 0 Å². The molecule has 2 rings (SSSR count). The number of rotatable bonds is 7. The monoisotopic (exact) mass is 296 g/mol. The molecule has 1 heterocycles. The van der Waals surface area contributed by atoms with Gasteiger partial charge < -0.3 is 15.7 Å². The number of carbonyl (C=O) groups excluding carboxylic acids is 1. The molecule has 20 heavy (non-hydrogen) atoms. The first-order valence-corrected chi connectivity index (χ1v) is 7.80. The maximum Gasteiger partial charge on any atom is 0.315 e. The number of carboxylic acids is 1. The fourth-order valence-corrected chi connectivity index (χ4v) is 3.12. The van der Waals surface area contributed by atoms with Crippen molar-refractivity contribution >= 4 is 23.3 Å². The molecule has 1 aromatic rings. The summed E-state index contributed by atoms with van der Waals surface area (Å²) in [6, 6.07) is 3.41. The van der Waals surface area contributed by atoms with Crippen molar-refractivity contribution in [3.8, 4) is 0 Å². The molecule has 1 aliphatic rings. The van der Waals surface area contributed by atoms with Gasteiger partial charge in [-0.05, 0) is 36.6 Å². The highest BCUT2D eigenvalue weighted by Crippen LogP contribution is 2.34. The largest absolute Gasteiger partial charge is 0.481 e. The molecule has 3 N–H and O–H groups in total. The van der Waals surface area contributed by atoms with E-state index in [9.17, 15) is 9.59 Å². The van der Waals surface area contributed by atoms with Crippen LogP contribution in [0.15, 0.2) is 17.5 Å². The summed E-state index contributed by atoms with van der Waals surface area (Å²) in [5, 5.41) is 16.6. The highest BCUT2D eigenvalue weighted by Gasteiger charge is 2.34. The summed E-state index contributed by atoms with van der Waals surface area (Å²) in [6.07, 6.45) is 2.80. The van der Waals surface area contributed by atoms with E-state index in [-0.39, 0.29) is 24.5 Å². The third-order valence-corrected chi connectivity index (χ3v) is 4.49. The average molecular weight is 296 g/mol. The topological polar surface area (TPSA) is 78.4 Å². The summed E-state index contributed by atoms with van der Waals surface area (Å²) in [6.45, 7) is 2.01. The van der Waals surface area contributed by atoms with Crippen LogP contribution in [0, 0.1) is 5.92 Å². The van der Waals surface area contributed by atoms with E-state index in [2.05, 4.69) is 10.6 Å². The lowest BCUT2D eigenvalue weighted by atomic mass is 10.1. The standard InChI is InChI=1S/C14H20N2O3S/c1-2-10(12-4-3-7-20-12)15-14(19)16-11(8-13(17)18)9-5-6-9/h3-4,7,9-11H,2,5-6,8H2,1H3,(H,17,18)(H2,15,16,19). The highest BCUT2D eigenvalue weighted by atomic mass is 32.1. The van der Waals surface area contributed by atoms with Crippen LogP contribution < -0.4 is 10.6 Å². The van der Waals surface area contributed by atoms with Crippen LogP contribution in [0.4, 0.5) is 4.79 Å². The Labute approximate surface area is 122 Å². The van der Waals surface area contributed by atoms with Gasteiger partial charge in [0.25, 0.3) is 0 Å². The van der Waals surface area contributed by atoms with Gasteiger partial charge in [0, 0.05) is 10.9 Å². The normalized spacial score (nSPS) is 17.2. The minimum atomic E-state index is -0.868. The van der Waals surface area contributed by atoms with Crippen LogP contribution >= 0.6 is 11.3 Å². The van der Waals surface area contributed by atoms with Crippen LogP contribution in [0.2, 0.25) is 0 Å². The van der Waals surface area contributed by atoms with Gasteiger partial charge in [-0.3, -0.25) is 4.79 Å². The van der Waals surface area contributed by atoms with Gasteiger partial charge in [0.05, 0.1) is 12.5 Å². The van der Waals surface area contributed by atoms with Crippen molar-refractivity contribution < 1.29 is 14.7 Å². The second-order valence-electron chi connectivity index (χ2n) is 5.14. The summed E-state index contributed by atoms with van der Waals surface area (Å²) < 4.78 is 0. The molecule has 2 unspecified atom stereocenters. The van der Waals surface area contributed by atoms with Crippen LogP contribution in [-0.2, 0) is 4.79 Å². The van der Waals surface area contributed by atoms with E-state index in [1.54, 1.807) is 11.3 Å². The number of aliphatic carboxylic acids is 1. The predicted octanol–water partition coefficient (Wildman–Crippen LogP) is 2.75. The molecule has 1 saturated carbocycles. The van der Waals surface area contributed by atoms with Crippen molar-refractivity contribution in [1.82, 2.24) is 10.6 Å². The second kappa shape index (κ2) is 6.74. The minimum Gasteiger partial charge on any atom is -0.481 e. The third-order valence-electron chi connectivity index (χ3n) is 3.50. The van der Waals surface area contributed by atoms with Crippen molar-refractivity contribution in [3.05, 3.63) is 22.4 Å². The zero-order valence-corrected chi connectivity index (χ0v) is 12.3. The Bertz CT molecular complexity index is 457. The first-order valence-electron chi connectivity index (χ1n) is 6.92. The van der Waals surface area contributed by atoms with Crippen molar-refractivity contribution in [2.24, 2.45) is 5.92 Å². The number of thiophene rings is 1. The molecule has 110 valence electrons. The van der Waals surface area contributed by atoms with Crippen LogP contribution in [0.5, 0.6) is 0 Å². The van der Waals surface area contributed by atoms with E-state index in [0.717, 1.165) is 24.1 Å². The first-order chi connectivity index (χ1) is 9.60. The Morgan fingerprint density at radius 2 is 2.20 bits per heavy atom.